The van der Waals surface area contributed by atoms with E-state index in [-0.39, 0.29) is 11.1 Å². The maximum absolute atomic E-state index is 12.6. The summed E-state index contributed by atoms with van der Waals surface area (Å²) >= 11 is 0. The van der Waals surface area contributed by atoms with E-state index in [2.05, 4.69) is 6.58 Å². The molecule has 1 aliphatic heterocycles. The van der Waals surface area contributed by atoms with E-state index in [1.807, 2.05) is 13.8 Å². The lowest BCUT2D eigenvalue weighted by molar-refractivity contribution is -0.171. The van der Waals surface area contributed by atoms with Crippen LogP contribution < -0.4 is 0 Å². The predicted octanol–water partition coefficient (Wildman–Crippen LogP) is 2.84. The molecule has 0 unspecified atom stereocenters. The van der Waals surface area contributed by atoms with Crippen LogP contribution in [0.2, 0.25) is 0 Å². The SMILES string of the molecule is C=C1C(=O)O[C@@H]2/C=C(/C)CC/C=C(/C=O)[C@H](OC(C)=O)[C@@H](OC(=O)[C@@H](C)CC)[C@@H]12. The molecule has 0 aromatic carbocycles. The van der Waals surface area contributed by atoms with Crippen LogP contribution in [0.4, 0.5) is 0 Å². The summed E-state index contributed by atoms with van der Waals surface area (Å²) in [5, 5.41) is 0. The molecule has 0 N–H and O–H groups in total. The minimum Gasteiger partial charge on any atom is -0.457 e. The molecule has 1 saturated heterocycles. The third kappa shape index (κ3) is 5.22. The maximum atomic E-state index is 12.6. The fraction of sp³-hybridized carbons (Fsp3) is 0.545. The van der Waals surface area contributed by atoms with E-state index >= 15 is 0 Å². The first-order valence-corrected chi connectivity index (χ1v) is 9.79. The molecule has 0 saturated carbocycles. The standard InChI is InChI=1S/C22H28O7/c1-6-13(3)21(25)29-20-18-14(4)22(26)28-17(18)10-12(2)8-7-9-16(11-23)19(20)27-15(5)24/h9-11,13,17-20H,4,6-8H2,1-3,5H3/b12-10-,16-9-/t13-,17+,18-,19-,20-/m0/s1. The summed E-state index contributed by atoms with van der Waals surface area (Å²) in [6, 6.07) is 0. The second-order valence-corrected chi connectivity index (χ2v) is 7.54. The molecular formula is C22H28O7. The first-order chi connectivity index (χ1) is 13.7. The van der Waals surface area contributed by atoms with Crippen molar-refractivity contribution in [2.24, 2.45) is 11.8 Å². The van der Waals surface area contributed by atoms with Gasteiger partial charge in [0.05, 0.1) is 11.8 Å². The van der Waals surface area contributed by atoms with Crippen LogP contribution in [-0.4, -0.2) is 42.5 Å². The van der Waals surface area contributed by atoms with Crippen molar-refractivity contribution in [2.75, 3.05) is 0 Å². The Morgan fingerprint density at radius 3 is 2.66 bits per heavy atom. The molecule has 1 heterocycles. The van der Waals surface area contributed by atoms with Crippen LogP contribution in [0.5, 0.6) is 0 Å². The molecule has 1 aliphatic carbocycles. The van der Waals surface area contributed by atoms with Gasteiger partial charge in [0.25, 0.3) is 0 Å². The molecule has 7 nitrogen and oxygen atoms in total. The number of ether oxygens (including phenoxy) is 3. The zero-order valence-corrected chi connectivity index (χ0v) is 17.3. The fourth-order valence-corrected chi connectivity index (χ4v) is 3.44. The van der Waals surface area contributed by atoms with Gasteiger partial charge in [0.1, 0.15) is 12.4 Å². The van der Waals surface area contributed by atoms with Crippen LogP contribution in [0.25, 0.3) is 0 Å². The number of carbonyl (C=O) groups is 4. The fourth-order valence-electron chi connectivity index (χ4n) is 3.44. The van der Waals surface area contributed by atoms with E-state index in [4.69, 9.17) is 14.2 Å². The predicted molar refractivity (Wildman–Crippen MR) is 105 cm³/mol. The van der Waals surface area contributed by atoms with Gasteiger partial charge < -0.3 is 14.2 Å². The van der Waals surface area contributed by atoms with Gasteiger partial charge in [-0.1, -0.05) is 32.1 Å². The number of carbonyl (C=O) groups excluding carboxylic acids is 4. The number of hydrogen-bond donors (Lipinski definition) is 0. The third-order valence-electron chi connectivity index (χ3n) is 5.31. The van der Waals surface area contributed by atoms with Gasteiger partial charge in [-0.3, -0.25) is 14.4 Å². The summed E-state index contributed by atoms with van der Waals surface area (Å²) in [6.45, 7) is 10.5. The van der Waals surface area contributed by atoms with Gasteiger partial charge >= 0.3 is 17.9 Å². The highest BCUT2D eigenvalue weighted by Crippen LogP contribution is 2.37. The molecule has 0 aromatic heterocycles. The highest BCUT2D eigenvalue weighted by Gasteiger charge is 2.49. The number of fused-ring (bicyclic) bond motifs is 1. The molecule has 7 heteroatoms. The van der Waals surface area contributed by atoms with Gasteiger partial charge in [-0.2, -0.15) is 0 Å². The average Bonchev–Trinajstić information content (AvgIpc) is 2.93. The van der Waals surface area contributed by atoms with Gasteiger partial charge in [0.2, 0.25) is 0 Å². The van der Waals surface area contributed by atoms with Crippen molar-refractivity contribution in [2.45, 2.75) is 65.3 Å². The average molecular weight is 404 g/mol. The van der Waals surface area contributed by atoms with E-state index in [0.717, 1.165) is 5.57 Å². The monoisotopic (exact) mass is 404 g/mol. The van der Waals surface area contributed by atoms with Crippen molar-refractivity contribution in [1.82, 2.24) is 0 Å². The van der Waals surface area contributed by atoms with Crippen molar-refractivity contribution in [3.63, 3.8) is 0 Å². The van der Waals surface area contributed by atoms with Crippen LogP contribution in [0.1, 0.15) is 47.0 Å². The van der Waals surface area contributed by atoms with E-state index < -0.39 is 48.1 Å². The van der Waals surface area contributed by atoms with Crippen molar-refractivity contribution < 1.29 is 33.4 Å². The van der Waals surface area contributed by atoms with Gasteiger partial charge in [0.15, 0.2) is 12.2 Å². The second kappa shape index (κ2) is 9.67. The Hall–Kier alpha value is -2.70. The second-order valence-electron chi connectivity index (χ2n) is 7.54. The van der Waals surface area contributed by atoms with Gasteiger partial charge in [-0.15, -0.1) is 0 Å². The molecule has 2 aliphatic rings. The Labute approximate surface area is 170 Å². The smallest absolute Gasteiger partial charge is 0.334 e. The molecule has 0 radical (unpaired) electrons. The van der Waals surface area contributed by atoms with Crippen LogP contribution in [0.3, 0.4) is 0 Å². The van der Waals surface area contributed by atoms with Gasteiger partial charge in [-0.05, 0) is 32.3 Å². The summed E-state index contributed by atoms with van der Waals surface area (Å²) < 4.78 is 16.6. The molecule has 0 aromatic rings. The molecule has 0 bridgehead atoms. The van der Waals surface area contributed by atoms with Crippen molar-refractivity contribution in [1.29, 1.82) is 0 Å². The molecule has 0 amide bonds. The van der Waals surface area contributed by atoms with E-state index in [1.54, 1.807) is 19.1 Å². The number of rotatable bonds is 5. The summed E-state index contributed by atoms with van der Waals surface area (Å²) in [6.07, 6.45) is 2.75. The summed E-state index contributed by atoms with van der Waals surface area (Å²) in [5.74, 6) is -2.94. The minimum absolute atomic E-state index is 0.115. The third-order valence-corrected chi connectivity index (χ3v) is 5.31. The first-order valence-electron chi connectivity index (χ1n) is 9.79. The number of hydrogen-bond acceptors (Lipinski definition) is 7. The lowest BCUT2D eigenvalue weighted by Gasteiger charge is -2.33. The zero-order valence-electron chi connectivity index (χ0n) is 17.3. The highest BCUT2D eigenvalue weighted by atomic mass is 16.6. The quantitative estimate of drug-likeness (QED) is 0.229. The maximum Gasteiger partial charge on any atom is 0.334 e. The minimum atomic E-state index is -1.16. The van der Waals surface area contributed by atoms with Crippen molar-refractivity contribution in [3.8, 4) is 0 Å². The van der Waals surface area contributed by atoms with E-state index in [0.29, 0.717) is 25.5 Å². The summed E-state index contributed by atoms with van der Waals surface area (Å²) in [4.78, 5) is 48.5. The molecule has 2 rings (SSSR count). The number of esters is 3. The van der Waals surface area contributed by atoms with E-state index in [9.17, 15) is 19.2 Å². The number of aldehydes is 1. The molecule has 29 heavy (non-hydrogen) atoms. The highest BCUT2D eigenvalue weighted by molar-refractivity contribution is 5.91. The van der Waals surface area contributed by atoms with Crippen molar-refractivity contribution >= 4 is 24.2 Å². The lowest BCUT2D eigenvalue weighted by atomic mass is 9.83. The topological polar surface area (TPSA) is 96.0 Å². The van der Waals surface area contributed by atoms with E-state index in [1.165, 1.54) is 6.92 Å². The Morgan fingerprint density at radius 2 is 2.07 bits per heavy atom. The molecule has 0 spiro atoms. The molecule has 5 atom stereocenters. The van der Waals surface area contributed by atoms with Gasteiger partial charge in [-0.25, -0.2) is 4.79 Å². The Morgan fingerprint density at radius 1 is 1.38 bits per heavy atom. The van der Waals surface area contributed by atoms with Crippen molar-refractivity contribution in [3.05, 3.63) is 35.5 Å². The lowest BCUT2D eigenvalue weighted by Crippen LogP contribution is -2.45. The summed E-state index contributed by atoms with van der Waals surface area (Å²) in [7, 11) is 0. The summed E-state index contributed by atoms with van der Waals surface area (Å²) in [5.41, 5.74) is 1.26. The van der Waals surface area contributed by atoms with Crippen LogP contribution in [0.15, 0.2) is 35.5 Å². The normalized spacial score (nSPS) is 31.9. The Bertz CT molecular complexity index is 761. The first kappa shape index (κ1) is 22.6. The number of allylic oxidation sites excluding steroid dienone is 2. The Kier molecular flexibility index (Phi) is 7.53. The Balaban J connectivity index is 2.61. The van der Waals surface area contributed by atoms with Crippen LogP contribution in [-0.2, 0) is 33.4 Å². The van der Waals surface area contributed by atoms with Crippen LogP contribution >= 0.6 is 0 Å². The largest absolute Gasteiger partial charge is 0.457 e. The molecule has 1 fully saturated rings. The molecular weight excluding hydrogens is 376 g/mol. The van der Waals surface area contributed by atoms with Crippen LogP contribution in [0, 0.1) is 11.8 Å². The molecule has 158 valence electrons. The zero-order chi connectivity index (χ0) is 21.7. The van der Waals surface area contributed by atoms with Gasteiger partial charge in [0, 0.05) is 18.1 Å².